The van der Waals surface area contributed by atoms with Gasteiger partial charge in [0.2, 0.25) is 0 Å². The van der Waals surface area contributed by atoms with Gasteiger partial charge >= 0.3 is 0 Å². The topological polar surface area (TPSA) is 35.5 Å². The number of benzene rings is 1. The first-order valence-corrected chi connectivity index (χ1v) is 7.59. The van der Waals surface area contributed by atoms with Crippen molar-refractivity contribution in [3.05, 3.63) is 24.3 Å². The van der Waals surface area contributed by atoms with Gasteiger partial charge in [-0.25, -0.2) is 0 Å². The smallest absolute Gasteiger partial charge is 0.161 e. The van der Waals surface area contributed by atoms with E-state index >= 15 is 0 Å². The van der Waals surface area contributed by atoms with Gasteiger partial charge in [0.25, 0.3) is 0 Å². The Bertz CT molecular complexity index is 463. The fourth-order valence-electron chi connectivity index (χ4n) is 2.90. The summed E-state index contributed by atoms with van der Waals surface area (Å²) in [5, 5.41) is 0. The Morgan fingerprint density at radius 1 is 1.15 bits per heavy atom. The van der Waals surface area contributed by atoms with E-state index in [-0.39, 0.29) is 11.5 Å². The van der Waals surface area contributed by atoms with Gasteiger partial charge in [-0.15, -0.1) is 0 Å². The molecule has 0 aliphatic heterocycles. The quantitative estimate of drug-likeness (QED) is 0.755. The summed E-state index contributed by atoms with van der Waals surface area (Å²) in [6.07, 6.45) is 3.14. The Hall–Kier alpha value is -1.51. The summed E-state index contributed by atoms with van der Waals surface area (Å²) in [7, 11) is 0. The number of rotatable bonds is 7. The zero-order valence-electron chi connectivity index (χ0n) is 12.6. The zero-order chi connectivity index (χ0) is 14.6. The van der Waals surface area contributed by atoms with Crippen LogP contribution in [-0.2, 0) is 4.79 Å². The lowest BCUT2D eigenvalue weighted by atomic mass is 9.61. The van der Waals surface area contributed by atoms with Crippen LogP contribution in [0.1, 0.15) is 46.5 Å². The number of hydrogen-bond acceptors (Lipinski definition) is 3. The SMILES string of the molecule is CCCOc1ccccc1OC1CC(=O)C1(CC)CC. The monoisotopic (exact) mass is 276 g/mol. The van der Waals surface area contributed by atoms with E-state index in [9.17, 15) is 4.79 Å². The molecule has 0 bridgehead atoms. The lowest BCUT2D eigenvalue weighted by molar-refractivity contribution is -0.153. The van der Waals surface area contributed by atoms with E-state index in [0.717, 1.165) is 30.8 Å². The summed E-state index contributed by atoms with van der Waals surface area (Å²) in [5.74, 6) is 1.86. The van der Waals surface area contributed by atoms with Gasteiger partial charge in [0.1, 0.15) is 11.9 Å². The second-order valence-electron chi connectivity index (χ2n) is 5.39. The van der Waals surface area contributed by atoms with Gasteiger partial charge in [-0.1, -0.05) is 32.9 Å². The summed E-state index contributed by atoms with van der Waals surface area (Å²) in [5.41, 5.74) is -0.294. The van der Waals surface area contributed by atoms with Crippen molar-refractivity contribution < 1.29 is 14.3 Å². The summed E-state index contributed by atoms with van der Waals surface area (Å²) in [4.78, 5) is 12.0. The van der Waals surface area contributed by atoms with Gasteiger partial charge in [-0.2, -0.15) is 0 Å². The number of ketones is 1. The first-order valence-electron chi connectivity index (χ1n) is 7.59. The predicted octanol–water partition coefficient (Wildman–Crippen LogP) is 4.00. The average Bonchev–Trinajstić information content (AvgIpc) is 2.47. The molecule has 1 aliphatic carbocycles. The number of carbonyl (C=O) groups is 1. The van der Waals surface area contributed by atoms with Gasteiger partial charge in [0.15, 0.2) is 11.5 Å². The van der Waals surface area contributed by atoms with Crippen LogP contribution in [0.25, 0.3) is 0 Å². The van der Waals surface area contributed by atoms with E-state index in [1.54, 1.807) is 0 Å². The highest BCUT2D eigenvalue weighted by atomic mass is 16.5. The molecule has 1 saturated carbocycles. The lowest BCUT2D eigenvalue weighted by Gasteiger charge is -2.46. The van der Waals surface area contributed by atoms with Crippen LogP contribution < -0.4 is 9.47 Å². The molecule has 1 aliphatic rings. The highest BCUT2D eigenvalue weighted by Crippen LogP contribution is 2.46. The minimum atomic E-state index is -0.294. The molecular weight excluding hydrogens is 252 g/mol. The third-order valence-electron chi connectivity index (χ3n) is 4.38. The maximum absolute atomic E-state index is 12.0. The predicted molar refractivity (Wildman–Crippen MR) is 79.3 cm³/mol. The maximum Gasteiger partial charge on any atom is 0.161 e. The van der Waals surface area contributed by atoms with Crippen molar-refractivity contribution in [3.63, 3.8) is 0 Å². The number of Topliss-reactive ketones (excluding diaryl/α,β-unsaturated/α-hetero) is 1. The highest BCUT2D eigenvalue weighted by Gasteiger charge is 2.54. The maximum atomic E-state index is 12.0. The van der Waals surface area contributed by atoms with Crippen LogP contribution in [0.4, 0.5) is 0 Å². The van der Waals surface area contributed by atoms with Crippen LogP contribution in [0.3, 0.4) is 0 Å². The summed E-state index contributed by atoms with van der Waals surface area (Å²) in [6.45, 7) is 6.89. The van der Waals surface area contributed by atoms with Crippen LogP contribution >= 0.6 is 0 Å². The van der Waals surface area contributed by atoms with Crippen molar-refractivity contribution in [3.8, 4) is 11.5 Å². The molecule has 0 N–H and O–H groups in total. The third-order valence-corrected chi connectivity index (χ3v) is 4.38. The van der Waals surface area contributed by atoms with E-state index in [0.29, 0.717) is 18.8 Å². The first kappa shape index (κ1) is 14.9. The van der Waals surface area contributed by atoms with Crippen molar-refractivity contribution >= 4 is 5.78 Å². The Morgan fingerprint density at radius 2 is 1.80 bits per heavy atom. The van der Waals surface area contributed by atoms with Crippen molar-refractivity contribution in [2.45, 2.75) is 52.6 Å². The molecule has 0 radical (unpaired) electrons. The fraction of sp³-hybridized carbons (Fsp3) is 0.588. The highest BCUT2D eigenvalue weighted by molar-refractivity contribution is 5.92. The van der Waals surface area contributed by atoms with Gasteiger partial charge in [0, 0.05) is 6.42 Å². The van der Waals surface area contributed by atoms with Crippen molar-refractivity contribution in [2.24, 2.45) is 5.41 Å². The first-order chi connectivity index (χ1) is 9.67. The molecule has 1 aromatic carbocycles. The van der Waals surface area contributed by atoms with Crippen LogP contribution in [0.2, 0.25) is 0 Å². The minimum absolute atomic E-state index is 0.0172. The van der Waals surface area contributed by atoms with Crippen molar-refractivity contribution in [2.75, 3.05) is 6.61 Å². The molecule has 0 saturated heterocycles. The van der Waals surface area contributed by atoms with Crippen molar-refractivity contribution in [1.29, 1.82) is 0 Å². The van der Waals surface area contributed by atoms with Crippen LogP contribution in [0.15, 0.2) is 24.3 Å². The zero-order valence-corrected chi connectivity index (χ0v) is 12.6. The van der Waals surface area contributed by atoms with E-state index in [2.05, 4.69) is 20.8 Å². The molecule has 2 rings (SSSR count). The van der Waals surface area contributed by atoms with E-state index in [1.165, 1.54) is 0 Å². The number of carbonyl (C=O) groups excluding carboxylic acids is 1. The molecule has 0 amide bonds. The molecule has 1 fully saturated rings. The van der Waals surface area contributed by atoms with E-state index in [4.69, 9.17) is 9.47 Å². The molecule has 1 unspecified atom stereocenters. The summed E-state index contributed by atoms with van der Waals surface area (Å²) < 4.78 is 11.8. The van der Waals surface area contributed by atoms with Gasteiger partial charge in [-0.3, -0.25) is 4.79 Å². The summed E-state index contributed by atoms with van der Waals surface area (Å²) in [6, 6.07) is 7.72. The molecule has 110 valence electrons. The molecule has 0 spiro atoms. The Kier molecular flexibility index (Phi) is 4.69. The second kappa shape index (κ2) is 6.29. The minimum Gasteiger partial charge on any atom is -0.490 e. The molecule has 3 heteroatoms. The molecule has 1 aromatic rings. The molecular formula is C17H24O3. The molecule has 1 atom stereocenters. The molecule has 20 heavy (non-hydrogen) atoms. The van der Waals surface area contributed by atoms with Crippen LogP contribution in [0.5, 0.6) is 11.5 Å². The Morgan fingerprint density at radius 3 is 2.35 bits per heavy atom. The average molecular weight is 276 g/mol. The van der Waals surface area contributed by atoms with Crippen LogP contribution in [0, 0.1) is 5.41 Å². The molecule has 0 heterocycles. The van der Waals surface area contributed by atoms with Crippen LogP contribution in [-0.4, -0.2) is 18.5 Å². The van der Waals surface area contributed by atoms with E-state index in [1.807, 2.05) is 24.3 Å². The second-order valence-corrected chi connectivity index (χ2v) is 5.39. The largest absolute Gasteiger partial charge is 0.490 e. The molecule has 0 aromatic heterocycles. The van der Waals surface area contributed by atoms with E-state index < -0.39 is 0 Å². The number of hydrogen-bond donors (Lipinski definition) is 0. The Balaban J connectivity index is 2.12. The molecule has 3 nitrogen and oxygen atoms in total. The Labute approximate surface area is 121 Å². The van der Waals surface area contributed by atoms with Gasteiger partial charge in [0.05, 0.1) is 12.0 Å². The normalized spacial score (nSPS) is 20.4. The number of ether oxygens (including phenoxy) is 2. The summed E-state index contributed by atoms with van der Waals surface area (Å²) >= 11 is 0. The van der Waals surface area contributed by atoms with Crippen molar-refractivity contribution in [1.82, 2.24) is 0 Å². The standard InChI is InChI=1S/C17H24O3/c1-4-11-19-13-9-7-8-10-14(13)20-16-12-15(18)17(16,5-2)6-3/h7-10,16H,4-6,11-12H2,1-3H3. The van der Waals surface area contributed by atoms with Gasteiger partial charge in [-0.05, 0) is 31.4 Å². The number of para-hydroxylation sites is 2. The lowest BCUT2D eigenvalue weighted by Crippen LogP contribution is -2.56. The fourth-order valence-corrected chi connectivity index (χ4v) is 2.90. The third kappa shape index (κ3) is 2.54. The van der Waals surface area contributed by atoms with Gasteiger partial charge < -0.3 is 9.47 Å².